The number of hydrogen-bond donors (Lipinski definition) is 2. The molecule has 2 aromatic rings. The number of ether oxygens (including phenoxy) is 1. The maximum absolute atomic E-state index is 11.6. The lowest BCUT2D eigenvalue weighted by atomic mass is 10.3. The Kier molecular flexibility index (Phi) is 6.38. The lowest BCUT2D eigenvalue weighted by molar-refractivity contribution is -0.131. The molecule has 0 aliphatic carbocycles. The molecule has 0 saturated carbocycles. The first-order valence-electron chi connectivity index (χ1n) is 8.23. The van der Waals surface area contributed by atoms with Gasteiger partial charge in [0.2, 0.25) is 11.0 Å². The summed E-state index contributed by atoms with van der Waals surface area (Å²) >= 11 is 4.47. The van der Waals surface area contributed by atoms with E-state index in [0.717, 1.165) is 48.0 Å². The second kappa shape index (κ2) is 8.74. The molecule has 0 atom stereocenters. The fourth-order valence-corrected chi connectivity index (χ4v) is 3.73. The van der Waals surface area contributed by atoms with Gasteiger partial charge in [0.25, 0.3) is 0 Å². The van der Waals surface area contributed by atoms with Gasteiger partial charge in [-0.3, -0.25) is 5.10 Å². The summed E-state index contributed by atoms with van der Waals surface area (Å²) in [5.41, 5.74) is 0. The summed E-state index contributed by atoms with van der Waals surface area (Å²) < 4.78 is 12.0. The molecule has 3 heterocycles. The second-order valence-electron chi connectivity index (χ2n) is 5.63. The molecule has 0 spiro atoms. The first-order chi connectivity index (χ1) is 12.6. The highest BCUT2D eigenvalue weighted by Gasteiger charge is 2.20. The number of furan rings is 1. The van der Waals surface area contributed by atoms with Gasteiger partial charge in [0.1, 0.15) is 16.5 Å². The predicted octanol–water partition coefficient (Wildman–Crippen LogP) is 3.17. The number of H-pyrrole nitrogens is 1. The van der Waals surface area contributed by atoms with Gasteiger partial charge in [-0.05, 0) is 34.1 Å². The average molecular weight is 443 g/mol. The summed E-state index contributed by atoms with van der Waals surface area (Å²) in [4.78, 5) is 18.0. The van der Waals surface area contributed by atoms with Crippen molar-refractivity contribution >= 4 is 45.6 Å². The minimum atomic E-state index is -1.06. The molecule has 0 radical (unpaired) electrons. The molecule has 0 bridgehead atoms. The number of anilines is 1. The number of halogens is 1. The zero-order valence-corrected chi connectivity index (χ0v) is 16.6. The van der Waals surface area contributed by atoms with Crippen LogP contribution in [0.25, 0.3) is 6.08 Å². The molecular formula is C16H19BrN4O4S. The summed E-state index contributed by atoms with van der Waals surface area (Å²) in [6.45, 7) is 4.78. The number of thioether (sulfide) groups is 1. The number of morpholine rings is 1. The monoisotopic (exact) mass is 442 g/mol. The molecule has 0 amide bonds. The number of carboxylic acid groups (broad SMARTS) is 1. The molecule has 1 aliphatic rings. The summed E-state index contributed by atoms with van der Waals surface area (Å²) in [5, 5.41) is 16.7. The van der Waals surface area contributed by atoms with Gasteiger partial charge >= 0.3 is 5.97 Å². The van der Waals surface area contributed by atoms with Crippen molar-refractivity contribution in [3.63, 3.8) is 0 Å². The van der Waals surface area contributed by atoms with Gasteiger partial charge in [-0.2, -0.15) is 0 Å². The number of carboxylic acids is 1. The Morgan fingerprint density at radius 1 is 1.50 bits per heavy atom. The number of nitrogens with zero attached hydrogens (tertiary/aromatic N) is 3. The maximum atomic E-state index is 11.6. The van der Waals surface area contributed by atoms with Crippen LogP contribution in [0.15, 0.2) is 25.0 Å². The molecule has 2 N–H and O–H groups in total. The number of rotatable bonds is 7. The van der Waals surface area contributed by atoms with Crippen LogP contribution in [0, 0.1) is 0 Å². The van der Waals surface area contributed by atoms with Crippen molar-refractivity contribution < 1.29 is 19.1 Å². The highest BCUT2D eigenvalue weighted by molar-refractivity contribution is 9.10. The third-order valence-electron chi connectivity index (χ3n) is 3.67. The van der Waals surface area contributed by atoms with Gasteiger partial charge in [-0.1, -0.05) is 6.92 Å². The zero-order chi connectivity index (χ0) is 18.5. The first-order valence-corrected chi connectivity index (χ1v) is 9.84. The average Bonchev–Trinajstić information content (AvgIpc) is 3.22. The normalized spacial score (nSPS) is 15.5. The Labute approximate surface area is 163 Å². The molecule has 3 rings (SSSR count). The van der Waals surface area contributed by atoms with Crippen molar-refractivity contribution in [2.45, 2.75) is 24.9 Å². The largest absolute Gasteiger partial charge is 0.477 e. The van der Waals surface area contributed by atoms with E-state index in [1.54, 1.807) is 6.07 Å². The standard InChI is InChI=1S/C16H19BrN4O4S/c1-2-3-13-18-16(20-19-13)26-12(15(22)23)9-10-8-11(17)14(25-10)21-4-6-24-7-5-21/h8-9H,2-7H2,1H3,(H,22,23)(H,18,19,20)/b12-9-. The van der Waals surface area contributed by atoms with Crippen molar-refractivity contribution in [3.05, 3.63) is 27.0 Å². The molecule has 0 unspecified atom stereocenters. The zero-order valence-electron chi connectivity index (χ0n) is 14.2. The van der Waals surface area contributed by atoms with E-state index in [1.807, 2.05) is 6.92 Å². The lowest BCUT2D eigenvalue weighted by Gasteiger charge is -2.26. The number of aromatic amines is 1. The molecule has 10 heteroatoms. The molecule has 26 heavy (non-hydrogen) atoms. The van der Waals surface area contributed by atoms with Crippen molar-refractivity contribution in [1.82, 2.24) is 15.2 Å². The van der Waals surface area contributed by atoms with E-state index in [4.69, 9.17) is 9.15 Å². The van der Waals surface area contributed by atoms with Crippen LogP contribution in [-0.4, -0.2) is 52.6 Å². The summed E-state index contributed by atoms with van der Waals surface area (Å²) in [6, 6.07) is 1.76. The quantitative estimate of drug-likeness (QED) is 0.497. The van der Waals surface area contributed by atoms with Crippen molar-refractivity contribution in [2.24, 2.45) is 0 Å². The molecule has 0 aromatic carbocycles. The van der Waals surface area contributed by atoms with E-state index in [-0.39, 0.29) is 4.91 Å². The molecule has 1 saturated heterocycles. The van der Waals surface area contributed by atoms with Crippen LogP contribution in [0.3, 0.4) is 0 Å². The van der Waals surface area contributed by atoms with Crippen LogP contribution in [-0.2, 0) is 16.0 Å². The molecule has 2 aromatic heterocycles. The number of hydrogen-bond acceptors (Lipinski definition) is 7. The number of carbonyl (C=O) groups is 1. The van der Waals surface area contributed by atoms with Crippen LogP contribution in [0.2, 0.25) is 0 Å². The Balaban J connectivity index is 1.78. The Morgan fingerprint density at radius 3 is 2.96 bits per heavy atom. The lowest BCUT2D eigenvalue weighted by Crippen LogP contribution is -2.36. The smallest absolute Gasteiger partial charge is 0.342 e. The molecule has 1 aliphatic heterocycles. The van der Waals surface area contributed by atoms with Crippen LogP contribution in [0.5, 0.6) is 0 Å². The van der Waals surface area contributed by atoms with Gasteiger partial charge in [0, 0.05) is 31.7 Å². The summed E-state index contributed by atoms with van der Waals surface area (Å²) in [7, 11) is 0. The van der Waals surface area contributed by atoms with Crippen LogP contribution in [0.4, 0.5) is 5.88 Å². The summed E-state index contributed by atoms with van der Waals surface area (Å²) in [5.74, 6) is 0.817. The fourth-order valence-electron chi connectivity index (χ4n) is 2.46. The van der Waals surface area contributed by atoms with Crippen molar-refractivity contribution in [2.75, 3.05) is 31.2 Å². The fraction of sp³-hybridized carbons (Fsp3) is 0.438. The molecule has 8 nitrogen and oxygen atoms in total. The van der Waals surface area contributed by atoms with E-state index in [0.29, 0.717) is 30.0 Å². The first kappa shape index (κ1) is 19.0. The van der Waals surface area contributed by atoms with Crippen LogP contribution in [0.1, 0.15) is 24.9 Å². The highest BCUT2D eigenvalue weighted by Crippen LogP contribution is 2.33. The Morgan fingerprint density at radius 2 is 2.27 bits per heavy atom. The van der Waals surface area contributed by atoms with E-state index in [1.165, 1.54) is 6.08 Å². The van der Waals surface area contributed by atoms with Gasteiger partial charge in [-0.25, -0.2) is 9.78 Å². The van der Waals surface area contributed by atoms with Crippen molar-refractivity contribution in [3.8, 4) is 0 Å². The van der Waals surface area contributed by atoms with Gasteiger partial charge in [-0.15, -0.1) is 5.10 Å². The van der Waals surface area contributed by atoms with Crippen molar-refractivity contribution in [1.29, 1.82) is 0 Å². The maximum Gasteiger partial charge on any atom is 0.342 e. The third-order valence-corrected chi connectivity index (χ3v) is 5.12. The molecular weight excluding hydrogens is 424 g/mol. The van der Waals surface area contributed by atoms with Crippen LogP contribution >= 0.6 is 27.7 Å². The Hall–Kier alpha value is -1.78. The minimum Gasteiger partial charge on any atom is -0.477 e. The minimum absolute atomic E-state index is 0.0850. The number of aromatic nitrogens is 3. The van der Waals surface area contributed by atoms with E-state index < -0.39 is 5.97 Å². The summed E-state index contributed by atoms with van der Waals surface area (Å²) in [6.07, 6.45) is 3.19. The number of aliphatic carboxylic acids is 1. The molecule has 1 fully saturated rings. The van der Waals surface area contributed by atoms with Gasteiger partial charge in [0.15, 0.2) is 0 Å². The number of nitrogens with one attached hydrogen (secondary N) is 1. The van der Waals surface area contributed by atoms with E-state index >= 15 is 0 Å². The molecule has 140 valence electrons. The van der Waals surface area contributed by atoms with E-state index in [2.05, 4.69) is 36.0 Å². The van der Waals surface area contributed by atoms with Gasteiger partial charge < -0.3 is 19.2 Å². The third kappa shape index (κ3) is 4.68. The Bertz CT molecular complexity index is 798. The number of aryl methyl sites for hydroxylation is 1. The van der Waals surface area contributed by atoms with Crippen LogP contribution < -0.4 is 4.90 Å². The second-order valence-corrected chi connectivity index (χ2v) is 7.50. The SMILES string of the molecule is CCCc1nc(S/C(=C\c2cc(Br)c(N3CCOCC3)o2)C(=O)O)n[nH]1. The highest BCUT2D eigenvalue weighted by atomic mass is 79.9. The van der Waals surface area contributed by atoms with E-state index in [9.17, 15) is 9.90 Å². The topological polar surface area (TPSA) is 104 Å². The predicted molar refractivity (Wildman–Crippen MR) is 101 cm³/mol. The van der Waals surface area contributed by atoms with Gasteiger partial charge in [0.05, 0.1) is 17.7 Å².